The highest BCUT2D eigenvalue weighted by atomic mass is 16.2. The molecule has 1 unspecified atom stereocenters. The van der Waals surface area contributed by atoms with Crippen LogP contribution in [0.4, 0.5) is 5.69 Å². The van der Waals surface area contributed by atoms with Crippen molar-refractivity contribution in [1.29, 1.82) is 0 Å². The van der Waals surface area contributed by atoms with Crippen LogP contribution in [-0.4, -0.2) is 39.7 Å². The van der Waals surface area contributed by atoms with Crippen LogP contribution in [0, 0.1) is 0 Å². The number of anilines is 1. The van der Waals surface area contributed by atoms with Crippen LogP contribution in [0.15, 0.2) is 43.0 Å². The Balaban J connectivity index is 1.53. The molecule has 4 amide bonds. The number of carbonyl (C=O) groups is 4. The van der Waals surface area contributed by atoms with Crippen molar-refractivity contribution >= 4 is 29.3 Å². The van der Waals surface area contributed by atoms with Crippen molar-refractivity contribution in [2.24, 2.45) is 0 Å². The molecular weight excluding hydrogens is 386 g/mol. The van der Waals surface area contributed by atoms with Crippen LogP contribution >= 0.6 is 0 Å². The number of aromatic nitrogens is 2. The highest BCUT2D eigenvalue weighted by molar-refractivity contribution is 6.39. The molecule has 1 aliphatic heterocycles. The fourth-order valence-electron chi connectivity index (χ4n) is 3.59. The molecule has 9 heteroatoms. The Labute approximate surface area is 174 Å². The molecule has 2 heterocycles. The molecule has 1 atom stereocenters. The SMILES string of the molecule is CCC1(c2ccc(NC(=O)C(=O)NCCCn3ccnc3)cc2)CCC(=O)NC1=O. The van der Waals surface area contributed by atoms with Crippen LogP contribution < -0.4 is 16.0 Å². The van der Waals surface area contributed by atoms with Gasteiger partial charge in [-0.05, 0) is 37.0 Å². The Morgan fingerprint density at radius 1 is 1.20 bits per heavy atom. The normalized spacial score (nSPS) is 18.6. The lowest BCUT2D eigenvalue weighted by Gasteiger charge is -2.35. The van der Waals surface area contributed by atoms with Gasteiger partial charge in [0.15, 0.2) is 0 Å². The molecule has 1 aliphatic rings. The molecule has 9 nitrogen and oxygen atoms in total. The van der Waals surface area contributed by atoms with E-state index in [1.165, 1.54) is 0 Å². The maximum absolute atomic E-state index is 12.5. The van der Waals surface area contributed by atoms with Crippen LogP contribution in [0.2, 0.25) is 0 Å². The first-order valence-corrected chi connectivity index (χ1v) is 9.94. The van der Waals surface area contributed by atoms with Gasteiger partial charge in [0.1, 0.15) is 0 Å². The summed E-state index contributed by atoms with van der Waals surface area (Å²) in [6.45, 7) is 2.97. The largest absolute Gasteiger partial charge is 0.348 e. The van der Waals surface area contributed by atoms with Gasteiger partial charge in [-0.1, -0.05) is 19.1 Å². The average molecular weight is 411 g/mol. The van der Waals surface area contributed by atoms with Crippen molar-refractivity contribution in [1.82, 2.24) is 20.2 Å². The van der Waals surface area contributed by atoms with Crippen molar-refractivity contribution < 1.29 is 19.2 Å². The molecule has 0 radical (unpaired) electrons. The summed E-state index contributed by atoms with van der Waals surface area (Å²) in [6, 6.07) is 6.80. The van der Waals surface area contributed by atoms with E-state index in [0.29, 0.717) is 44.5 Å². The number of imidazole rings is 1. The second-order valence-corrected chi connectivity index (χ2v) is 7.25. The summed E-state index contributed by atoms with van der Waals surface area (Å²) in [5.74, 6) is -2.02. The van der Waals surface area contributed by atoms with Crippen LogP contribution in [0.5, 0.6) is 0 Å². The van der Waals surface area contributed by atoms with Gasteiger partial charge in [-0.25, -0.2) is 4.98 Å². The highest BCUT2D eigenvalue weighted by Crippen LogP contribution is 2.36. The van der Waals surface area contributed by atoms with Crippen LogP contribution in [0.1, 0.15) is 38.2 Å². The third-order valence-corrected chi connectivity index (χ3v) is 5.41. The predicted octanol–water partition coefficient (Wildman–Crippen LogP) is 1.11. The van der Waals surface area contributed by atoms with Crippen molar-refractivity contribution in [2.45, 2.75) is 44.6 Å². The summed E-state index contributed by atoms with van der Waals surface area (Å²) in [5, 5.41) is 7.55. The number of benzene rings is 1. The fraction of sp³-hybridized carbons (Fsp3) is 0.381. The fourth-order valence-corrected chi connectivity index (χ4v) is 3.59. The van der Waals surface area contributed by atoms with E-state index in [9.17, 15) is 19.2 Å². The van der Waals surface area contributed by atoms with E-state index in [0.717, 1.165) is 5.56 Å². The number of hydrogen-bond donors (Lipinski definition) is 3. The first kappa shape index (κ1) is 21.2. The van der Waals surface area contributed by atoms with Crippen LogP contribution in [-0.2, 0) is 31.1 Å². The lowest BCUT2D eigenvalue weighted by atomic mass is 9.72. The van der Waals surface area contributed by atoms with Crippen molar-refractivity contribution in [2.75, 3.05) is 11.9 Å². The maximum atomic E-state index is 12.5. The number of piperidine rings is 1. The molecule has 1 saturated heterocycles. The second-order valence-electron chi connectivity index (χ2n) is 7.25. The summed E-state index contributed by atoms with van der Waals surface area (Å²) < 4.78 is 1.89. The molecule has 2 aromatic rings. The molecule has 1 aromatic carbocycles. The molecule has 1 aromatic heterocycles. The first-order valence-electron chi connectivity index (χ1n) is 9.94. The zero-order chi connectivity index (χ0) is 21.6. The van der Waals surface area contributed by atoms with Gasteiger partial charge in [0.25, 0.3) is 0 Å². The van der Waals surface area contributed by atoms with Crippen molar-refractivity contribution in [3.05, 3.63) is 48.5 Å². The van der Waals surface area contributed by atoms with Crippen molar-refractivity contribution in [3.8, 4) is 0 Å². The number of nitrogens with zero attached hydrogens (tertiary/aromatic N) is 2. The topological polar surface area (TPSA) is 122 Å². The van der Waals surface area contributed by atoms with E-state index in [1.807, 2.05) is 17.7 Å². The lowest BCUT2D eigenvalue weighted by Crippen LogP contribution is -2.51. The number of carbonyl (C=O) groups excluding carboxylic acids is 4. The van der Waals surface area contributed by atoms with Gasteiger partial charge in [-0.2, -0.15) is 0 Å². The third-order valence-electron chi connectivity index (χ3n) is 5.41. The molecule has 0 bridgehead atoms. The molecule has 158 valence electrons. The number of rotatable bonds is 7. The minimum atomic E-state index is -0.761. The molecule has 30 heavy (non-hydrogen) atoms. The molecule has 3 N–H and O–H groups in total. The molecular formula is C21H25N5O4. The lowest BCUT2D eigenvalue weighted by molar-refractivity contribution is -0.138. The van der Waals surface area contributed by atoms with Crippen molar-refractivity contribution in [3.63, 3.8) is 0 Å². The maximum Gasteiger partial charge on any atom is 0.313 e. The quantitative estimate of drug-likeness (QED) is 0.358. The average Bonchev–Trinajstić information content (AvgIpc) is 3.26. The van der Waals surface area contributed by atoms with E-state index >= 15 is 0 Å². The number of imide groups is 1. The van der Waals surface area contributed by atoms with Crippen LogP contribution in [0.3, 0.4) is 0 Å². The Kier molecular flexibility index (Phi) is 6.61. The first-order chi connectivity index (χ1) is 14.4. The summed E-state index contributed by atoms with van der Waals surface area (Å²) in [4.78, 5) is 51.9. The van der Waals surface area contributed by atoms with Gasteiger partial charge in [-0.15, -0.1) is 0 Å². The van der Waals surface area contributed by atoms with Gasteiger partial charge < -0.3 is 15.2 Å². The van der Waals surface area contributed by atoms with E-state index in [-0.39, 0.29) is 11.8 Å². The van der Waals surface area contributed by atoms with E-state index < -0.39 is 17.2 Å². The van der Waals surface area contributed by atoms with Gasteiger partial charge in [0.2, 0.25) is 11.8 Å². The smallest absolute Gasteiger partial charge is 0.313 e. The molecule has 1 fully saturated rings. The Bertz CT molecular complexity index is 923. The van der Waals surface area contributed by atoms with Crippen LogP contribution in [0.25, 0.3) is 0 Å². The number of nitrogens with one attached hydrogen (secondary N) is 3. The molecule has 3 rings (SSSR count). The number of aryl methyl sites for hydroxylation is 1. The molecule has 0 aliphatic carbocycles. The van der Waals surface area contributed by atoms with E-state index in [1.54, 1.807) is 36.8 Å². The van der Waals surface area contributed by atoms with E-state index in [2.05, 4.69) is 20.9 Å². The summed E-state index contributed by atoms with van der Waals surface area (Å²) in [5.41, 5.74) is 0.469. The van der Waals surface area contributed by atoms with Gasteiger partial charge in [0, 0.05) is 37.6 Å². The van der Waals surface area contributed by atoms with Gasteiger partial charge in [0.05, 0.1) is 11.7 Å². The second kappa shape index (κ2) is 9.34. The summed E-state index contributed by atoms with van der Waals surface area (Å²) in [6.07, 6.45) is 7.17. The Morgan fingerprint density at radius 3 is 2.60 bits per heavy atom. The third kappa shape index (κ3) is 4.73. The number of hydrogen-bond acceptors (Lipinski definition) is 5. The summed E-state index contributed by atoms with van der Waals surface area (Å²) >= 11 is 0. The minimum Gasteiger partial charge on any atom is -0.348 e. The summed E-state index contributed by atoms with van der Waals surface area (Å²) in [7, 11) is 0. The molecule has 0 saturated carbocycles. The Hall–Kier alpha value is -3.49. The zero-order valence-corrected chi connectivity index (χ0v) is 16.8. The minimum absolute atomic E-state index is 0.260. The van der Waals surface area contributed by atoms with E-state index in [4.69, 9.17) is 0 Å². The number of amides is 4. The molecule has 0 spiro atoms. The monoisotopic (exact) mass is 411 g/mol. The standard InChI is InChI=1S/C21H25N5O4/c1-2-21(9-8-17(27)25-20(21)30)15-4-6-16(7-5-15)24-19(29)18(28)23-10-3-12-26-13-11-22-14-26/h4-7,11,13-14H,2-3,8-10,12H2,1H3,(H,23,28)(H,24,29)(H,25,27,30). The predicted molar refractivity (Wildman–Crippen MR) is 109 cm³/mol. The highest BCUT2D eigenvalue weighted by Gasteiger charge is 2.42. The zero-order valence-electron chi connectivity index (χ0n) is 16.8. The van der Waals surface area contributed by atoms with Gasteiger partial charge >= 0.3 is 11.8 Å². The Morgan fingerprint density at radius 2 is 1.97 bits per heavy atom. The van der Waals surface area contributed by atoms with Gasteiger partial charge in [-0.3, -0.25) is 24.5 Å².